The van der Waals surface area contributed by atoms with Gasteiger partial charge in [-0.05, 0) is 62.9 Å². The molecule has 2 atom stereocenters. The fourth-order valence-corrected chi connectivity index (χ4v) is 3.20. The molecule has 4 heteroatoms. The lowest BCUT2D eigenvalue weighted by molar-refractivity contribution is 0.110. The summed E-state index contributed by atoms with van der Waals surface area (Å²) in [6, 6.07) is 5.21. The van der Waals surface area contributed by atoms with E-state index < -0.39 is 0 Å². The Kier molecular flexibility index (Phi) is 5.59. The molecule has 118 valence electrons. The highest BCUT2D eigenvalue weighted by Crippen LogP contribution is 2.31. The van der Waals surface area contributed by atoms with Gasteiger partial charge in [0.2, 0.25) is 0 Å². The molecule has 1 aromatic rings. The van der Waals surface area contributed by atoms with Crippen molar-refractivity contribution in [1.29, 1.82) is 0 Å². The molecule has 0 aliphatic carbocycles. The minimum atomic E-state index is -0.236. The first-order chi connectivity index (χ1) is 10.0. The first-order valence-corrected chi connectivity index (χ1v) is 7.98. The number of hydrogen-bond acceptors (Lipinski definition) is 3. The lowest BCUT2D eigenvalue weighted by Crippen LogP contribution is -2.38. The number of nitrogens with one attached hydrogen (secondary N) is 1. The molecule has 2 rings (SSSR count). The van der Waals surface area contributed by atoms with Crippen molar-refractivity contribution >= 4 is 5.69 Å². The van der Waals surface area contributed by atoms with Crippen LogP contribution < -0.4 is 10.2 Å². The quantitative estimate of drug-likeness (QED) is 0.876. The molecule has 0 amide bonds. The van der Waals surface area contributed by atoms with Gasteiger partial charge in [-0.25, -0.2) is 4.39 Å². The van der Waals surface area contributed by atoms with Crippen LogP contribution in [0.15, 0.2) is 18.2 Å². The molecule has 1 aromatic carbocycles. The Labute approximate surface area is 127 Å². The molecule has 0 radical (unpaired) electrons. The summed E-state index contributed by atoms with van der Waals surface area (Å²) < 4.78 is 13.6. The Morgan fingerprint density at radius 1 is 1.33 bits per heavy atom. The van der Waals surface area contributed by atoms with Crippen molar-refractivity contribution in [3.63, 3.8) is 0 Å². The van der Waals surface area contributed by atoms with Crippen molar-refractivity contribution in [3.8, 4) is 0 Å². The fourth-order valence-electron chi connectivity index (χ4n) is 3.20. The number of aliphatic hydroxyl groups excluding tert-OH is 1. The van der Waals surface area contributed by atoms with Gasteiger partial charge in [-0.3, -0.25) is 0 Å². The first-order valence-electron chi connectivity index (χ1n) is 7.98. The maximum absolute atomic E-state index is 13.6. The Morgan fingerprint density at radius 3 is 2.57 bits per heavy atom. The van der Waals surface area contributed by atoms with E-state index in [0.29, 0.717) is 5.92 Å². The molecule has 1 heterocycles. The summed E-state index contributed by atoms with van der Waals surface area (Å²) in [4.78, 5) is 2.32. The predicted molar refractivity (Wildman–Crippen MR) is 85.1 cm³/mol. The summed E-state index contributed by atoms with van der Waals surface area (Å²) in [6.45, 7) is 8.71. The second-order valence-corrected chi connectivity index (χ2v) is 6.05. The van der Waals surface area contributed by atoms with Gasteiger partial charge in [-0.1, -0.05) is 6.92 Å². The molecule has 2 unspecified atom stereocenters. The maximum Gasteiger partial charge on any atom is 0.123 e. The largest absolute Gasteiger partial charge is 0.393 e. The van der Waals surface area contributed by atoms with Crippen LogP contribution in [0.4, 0.5) is 10.1 Å². The Balaban J connectivity index is 2.16. The van der Waals surface area contributed by atoms with Crippen molar-refractivity contribution in [1.82, 2.24) is 5.32 Å². The van der Waals surface area contributed by atoms with Gasteiger partial charge >= 0.3 is 0 Å². The molecule has 1 aliphatic rings. The van der Waals surface area contributed by atoms with Crippen LogP contribution in [0.2, 0.25) is 0 Å². The molecule has 0 saturated carbocycles. The van der Waals surface area contributed by atoms with Crippen molar-refractivity contribution < 1.29 is 9.50 Å². The summed E-state index contributed by atoms with van der Waals surface area (Å²) in [6.07, 6.45) is 1.74. The maximum atomic E-state index is 13.6. The van der Waals surface area contributed by atoms with Crippen molar-refractivity contribution in [2.45, 2.75) is 45.8 Å². The van der Waals surface area contributed by atoms with Gasteiger partial charge < -0.3 is 15.3 Å². The second kappa shape index (κ2) is 7.23. The van der Waals surface area contributed by atoms with E-state index in [0.717, 1.165) is 43.7 Å². The third-order valence-corrected chi connectivity index (χ3v) is 4.53. The SMILES string of the molecule is CCNC(C)c1cc(F)ccc1N1CCC(C(C)O)CC1. The highest BCUT2D eigenvalue weighted by atomic mass is 19.1. The van der Waals surface area contributed by atoms with Crippen LogP contribution in [-0.4, -0.2) is 30.8 Å². The zero-order valence-corrected chi connectivity index (χ0v) is 13.3. The molecule has 1 aliphatic heterocycles. The summed E-state index contributed by atoms with van der Waals surface area (Å²) in [7, 11) is 0. The Bertz CT molecular complexity index is 456. The third kappa shape index (κ3) is 3.95. The zero-order valence-electron chi connectivity index (χ0n) is 13.3. The van der Waals surface area contributed by atoms with Gasteiger partial charge in [0.15, 0.2) is 0 Å². The van der Waals surface area contributed by atoms with Crippen LogP contribution >= 0.6 is 0 Å². The fraction of sp³-hybridized carbons (Fsp3) is 0.647. The average Bonchev–Trinajstić information content (AvgIpc) is 2.47. The Morgan fingerprint density at radius 2 is 2.00 bits per heavy atom. The number of piperidine rings is 1. The summed E-state index contributed by atoms with van der Waals surface area (Å²) in [5.74, 6) is 0.203. The molecule has 0 bridgehead atoms. The van der Waals surface area contributed by atoms with E-state index in [-0.39, 0.29) is 18.0 Å². The minimum Gasteiger partial charge on any atom is -0.393 e. The van der Waals surface area contributed by atoms with Gasteiger partial charge in [0.25, 0.3) is 0 Å². The molecule has 3 nitrogen and oxygen atoms in total. The molecule has 21 heavy (non-hydrogen) atoms. The number of rotatable bonds is 5. The standard InChI is InChI=1S/C17H27FN2O/c1-4-19-12(2)16-11-15(18)5-6-17(16)20-9-7-14(8-10-20)13(3)21/h5-6,11-14,19,21H,4,7-10H2,1-3H3. The summed E-state index contributed by atoms with van der Waals surface area (Å²) in [5.41, 5.74) is 2.14. The number of anilines is 1. The van der Waals surface area contributed by atoms with E-state index in [1.807, 2.05) is 13.0 Å². The van der Waals surface area contributed by atoms with Crippen molar-refractivity contribution in [2.75, 3.05) is 24.5 Å². The minimum absolute atomic E-state index is 0.134. The van der Waals surface area contributed by atoms with Crippen LogP contribution in [0.1, 0.15) is 45.2 Å². The lowest BCUT2D eigenvalue weighted by Gasteiger charge is -2.36. The number of halogens is 1. The van der Waals surface area contributed by atoms with E-state index in [1.54, 1.807) is 6.07 Å². The molecule has 1 fully saturated rings. The van der Waals surface area contributed by atoms with E-state index in [2.05, 4.69) is 24.1 Å². The van der Waals surface area contributed by atoms with Crippen molar-refractivity contribution in [2.24, 2.45) is 5.92 Å². The topological polar surface area (TPSA) is 35.5 Å². The molecular weight excluding hydrogens is 267 g/mol. The predicted octanol–water partition coefficient (Wildman–Crippen LogP) is 3.09. The van der Waals surface area contributed by atoms with E-state index >= 15 is 0 Å². The average molecular weight is 294 g/mol. The normalized spacial score (nSPS) is 19.6. The molecule has 0 aromatic heterocycles. The number of hydrogen-bond donors (Lipinski definition) is 2. The van der Waals surface area contributed by atoms with Crippen LogP contribution in [-0.2, 0) is 0 Å². The van der Waals surface area contributed by atoms with Gasteiger partial charge in [-0.15, -0.1) is 0 Å². The summed E-state index contributed by atoms with van der Waals surface area (Å²) >= 11 is 0. The van der Waals surface area contributed by atoms with Crippen LogP contribution in [0.5, 0.6) is 0 Å². The smallest absolute Gasteiger partial charge is 0.123 e. The van der Waals surface area contributed by atoms with Gasteiger partial charge in [0.05, 0.1) is 6.10 Å². The molecular formula is C17H27FN2O. The van der Waals surface area contributed by atoms with Gasteiger partial charge in [-0.2, -0.15) is 0 Å². The summed E-state index contributed by atoms with van der Waals surface area (Å²) in [5, 5.41) is 13.1. The molecule has 2 N–H and O–H groups in total. The van der Waals surface area contributed by atoms with Crippen LogP contribution in [0.25, 0.3) is 0 Å². The van der Waals surface area contributed by atoms with Crippen LogP contribution in [0, 0.1) is 11.7 Å². The van der Waals surface area contributed by atoms with Gasteiger partial charge in [0.1, 0.15) is 5.82 Å². The van der Waals surface area contributed by atoms with Gasteiger partial charge in [0, 0.05) is 24.8 Å². The van der Waals surface area contributed by atoms with Crippen LogP contribution in [0.3, 0.4) is 0 Å². The highest BCUT2D eigenvalue weighted by molar-refractivity contribution is 5.55. The van der Waals surface area contributed by atoms with E-state index in [1.165, 1.54) is 6.07 Å². The van der Waals surface area contributed by atoms with E-state index in [9.17, 15) is 9.50 Å². The number of nitrogens with zero attached hydrogens (tertiary/aromatic N) is 1. The molecule has 0 spiro atoms. The third-order valence-electron chi connectivity index (χ3n) is 4.53. The number of benzene rings is 1. The van der Waals surface area contributed by atoms with Crippen molar-refractivity contribution in [3.05, 3.63) is 29.6 Å². The number of aliphatic hydroxyl groups is 1. The highest BCUT2D eigenvalue weighted by Gasteiger charge is 2.25. The lowest BCUT2D eigenvalue weighted by atomic mass is 9.91. The zero-order chi connectivity index (χ0) is 15.4. The van der Waals surface area contributed by atoms with E-state index in [4.69, 9.17) is 0 Å². The second-order valence-electron chi connectivity index (χ2n) is 6.05. The Hall–Kier alpha value is -1.13. The first kappa shape index (κ1) is 16.2. The monoisotopic (exact) mass is 294 g/mol. The molecule has 1 saturated heterocycles.